The number of hydrogen-bond donors (Lipinski definition) is 1. The highest BCUT2D eigenvalue weighted by atomic mass is 16.1. The average molecular weight is 257 g/mol. The lowest BCUT2D eigenvalue weighted by atomic mass is 10.2. The fourth-order valence-electron chi connectivity index (χ4n) is 1.67. The Bertz CT molecular complexity index is 620. The Balaban J connectivity index is 1.90. The van der Waals surface area contributed by atoms with Gasteiger partial charge in [0.05, 0.1) is 5.69 Å². The van der Waals surface area contributed by atoms with Crippen molar-refractivity contribution in [3.63, 3.8) is 0 Å². The van der Waals surface area contributed by atoms with Gasteiger partial charge in [0, 0.05) is 31.6 Å². The van der Waals surface area contributed by atoms with Crippen molar-refractivity contribution in [3.05, 3.63) is 58.5 Å². The van der Waals surface area contributed by atoms with Gasteiger partial charge in [0.1, 0.15) is 0 Å². The van der Waals surface area contributed by atoms with Crippen LogP contribution in [0.15, 0.2) is 47.3 Å². The lowest BCUT2D eigenvalue weighted by Crippen LogP contribution is -2.20. The molecule has 0 saturated carbocycles. The molecule has 2 rings (SSSR count). The zero-order valence-corrected chi connectivity index (χ0v) is 10.7. The molecule has 2 aromatic rings. The summed E-state index contributed by atoms with van der Waals surface area (Å²) >= 11 is 0. The van der Waals surface area contributed by atoms with Gasteiger partial charge in [0.2, 0.25) is 5.91 Å². The normalized spacial score (nSPS) is 10.2. The molecule has 5 nitrogen and oxygen atoms in total. The summed E-state index contributed by atoms with van der Waals surface area (Å²) in [6.45, 7) is 0. The molecule has 0 saturated heterocycles. The summed E-state index contributed by atoms with van der Waals surface area (Å²) in [5, 5.41) is 6.88. The molecular formula is C14H15N3O2. The third kappa shape index (κ3) is 3.77. The van der Waals surface area contributed by atoms with Crippen LogP contribution in [0.5, 0.6) is 0 Å². The van der Waals surface area contributed by atoms with Crippen molar-refractivity contribution < 1.29 is 4.79 Å². The van der Waals surface area contributed by atoms with Crippen molar-refractivity contribution in [2.75, 3.05) is 5.32 Å². The van der Waals surface area contributed by atoms with E-state index in [-0.39, 0.29) is 11.5 Å². The molecule has 1 aromatic carbocycles. The van der Waals surface area contributed by atoms with Crippen molar-refractivity contribution >= 4 is 11.6 Å². The van der Waals surface area contributed by atoms with Gasteiger partial charge in [-0.1, -0.05) is 18.2 Å². The third-order valence-electron chi connectivity index (χ3n) is 2.68. The Morgan fingerprint density at radius 3 is 2.63 bits per heavy atom. The molecular weight excluding hydrogens is 242 g/mol. The van der Waals surface area contributed by atoms with Gasteiger partial charge in [-0.3, -0.25) is 9.59 Å². The SMILES string of the molecule is Cn1nc(CCC(=O)Nc2ccccc2)ccc1=O. The molecule has 0 radical (unpaired) electrons. The summed E-state index contributed by atoms with van der Waals surface area (Å²) in [5.74, 6) is -0.0677. The monoisotopic (exact) mass is 257 g/mol. The number of nitrogens with one attached hydrogen (secondary N) is 1. The lowest BCUT2D eigenvalue weighted by Gasteiger charge is -2.05. The number of carbonyl (C=O) groups is 1. The molecule has 1 heterocycles. The maximum Gasteiger partial charge on any atom is 0.266 e. The third-order valence-corrected chi connectivity index (χ3v) is 2.68. The number of aryl methyl sites for hydroxylation is 2. The van der Waals surface area contributed by atoms with Crippen molar-refractivity contribution in [2.24, 2.45) is 7.05 Å². The molecule has 1 aromatic heterocycles. The minimum absolute atomic E-state index is 0.0677. The van der Waals surface area contributed by atoms with E-state index < -0.39 is 0 Å². The number of benzene rings is 1. The van der Waals surface area contributed by atoms with Gasteiger partial charge in [-0.2, -0.15) is 5.10 Å². The number of rotatable bonds is 4. The first-order valence-corrected chi connectivity index (χ1v) is 6.03. The van der Waals surface area contributed by atoms with Crippen LogP contribution in [-0.4, -0.2) is 15.7 Å². The molecule has 19 heavy (non-hydrogen) atoms. The van der Waals surface area contributed by atoms with Crippen LogP contribution >= 0.6 is 0 Å². The number of amides is 1. The molecule has 1 amide bonds. The van der Waals surface area contributed by atoms with E-state index in [4.69, 9.17) is 0 Å². The highest BCUT2D eigenvalue weighted by Crippen LogP contribution is 2.06. The fraction of sp³-hybridized carbons (Fsp3) is 0.214. The number of anilines is 1. The van der Waals surface area contributed by atoms with E-state index in [2.05, 4.69) is 10.4 Å². The Kier molecular flexibility index (Phi) is 4.07. The first-order valence-electron chi connectivity index (χ1n) is 6.03. The molecule has 0 aliphatic carbocycles. The number of carbonyl (C=O) groups excluding carboxylic acids is 1. The predicted octanol–water partition coefficient (Wildman–Crippen LogP) is 1.35. The number of hydrogen-bond acceptors (Lipinski definition) is 3. The molecule has 0 unspecified atom stereocenters. The van der Waals surface area contributed by atoms with Crippen LogP contribution < -0.4 is 10.9 Å². The maximum atomic E-state index is 11.7. The van der Waals surface area contributed by atoms with Crippen LogP contribution in [0.3, 0.4) is 0 Å². The fourth-order valence-corrected chi connectivity index (χ4v) is 1.67. The second kappa shape index (κ2) is 5.95. The van der Waals surface area contributed by atoms with E-state index in [9.17, 15) is 9.59 Å². The van der Waals surface area contributed by atoms with Gasteiger partial charge in [-0.15, -0.1) is 0 Å². The molecule has 0 aliphatic rings. The predicted molar refractivity (Wildman–Crippen MR) is 72.9 cm³/mol. The summed E-state index contributed by atoms with van der Waals surface area (Å²) in [5.41, 5.74) is 1.35. The van der Waals surface area contributed by atoms with Crippen LogP contribution in [0.25, 0.3) is 0 Å². The van der Waals surface area contributed by atoms with E-state index >= 15 is 0 Å². The highest BCUT2D eigenvalue weighted by molar-refractivity contribution is 5.90. The largest absolute Gasteiger partial charge is 0.326 e. The Morgan fingerprint density at radius 2 is 1.95 bits per heavy atom. The first-order chi connectivity index (χ1) is 9.15. The summed E-state index contributed by atoms with van der Waals surface area (Å²) < 4.78 is 1.27. The van der Waals surface area contributed by atoms with Crippen LogP contribution in [-0.2, 0) is 18.3 Å². The Labute approximate surface area is 110 Å². The van der Waals surface area contributed by atoms with Crippen LogP contribution in [0, 0.1) is 0 Å². The zero-order valence-electron chi connectivity index (χ0n) is 10.7. The number of nitrogens with zero attached hydrogens (tertiary/aromatic N) is 2. The molecule has 0 bridgehead atoms. The smallest absolute Gasteiger partial charge is 0.266 e. The maximum absolute atomic E-state index is 11.7. The quantitative estimate of drug-likeness (QED) is 0.899. The van der Waals surface area contributed by atoms with Crippen molar-refractivity contribution in [2.45, 2.75) is 12.8 Å². The van der Waals surface area contributed by atoms with Gasteiger partial charge in [0.15, 0.2) is 0 Å². The highest BCUT2D eigenvalue weighted by Gasteiger charge is 2.04. The zero-order chi connectivity index (χ0) is 13.7. The first kappa shape index (κ1) is 13.0. The summed E-state index contributed by atoms with van der Waals surface area (Å²) in [6, 6.07) is 12.4. The van der Waals surface area contributed by atoms with Crippen LogP contribution in [0.4, 0.5) is 5.69 Å². The standard InChI is InChI=1S/C14H15N3O2/c1-17-14(19)10-8-12(16-17)7-9-13(18)15-11-5-3-2-4-6-11/h2-6,8,10H,7,9H2,1H3,(H,15,18). The molecule has 0 fully saturated rings. The molecule has 1 N–H and O–H groups in total. The molecule has 0 aliphatic heterocycles. The lowest BCUT2D eigenvalue weighted by molar-refractivity contribution is -0.116. The molecule has 0 spiro atoms. The second-order valence-electron chi connectivity index (χ2n) is 4.20. The Hall–Kier alpha value is -2.43. The van der Waals surface area contributed by atoms with E-state index in [0.29, 0.717) is 12.8 Å². The summed E-state index contributed by atoms with van der Waals surface area (Å²) in [7, 11) is 1.59. The van der Waals surface area contributed by atoms with Crippen molar-refractivity contribution in [3.8, 4) is 0 Å². The van der Waals surface area contributed by atoms with Gasteiger partial charge in [-0.05, 0) is 18.2 Å². The van der Waals surface area contributed by atoms with E-state index in [1.807, 2.05) is 30.3 Å². The minimum Gasteiger partial charge on any atom is -0.326 e. The van der Waals surface area contributed by atoms with Crippen LogP contribution in [0.2, 0.25) is 0 Å². The molecule has 5 heteroatoms. The van der Waals surface area contributed by atoms with Gasteiger partial charge in [0.25, 0.3) is 5.56 Å². The molecule has 0 atom stereocenters. The van der Waals surface area contributed by atoms with Gasteiger partial charge >= 0.3 is 0 Å². The number of aromatic nitrogens is 2. The summed E-state index contributed by atoms with van der Waals surface area (Å²) in [4.78, 5) is 22.9. The van der Waals surface area contributed by atoms with Crippen molar-refractivity contribution in [1.29, 1.82) is 0 Å². The number of para-hydroxylation sites is 1. The van der Waals surface area contributed by atoms with Crippen LogP contribution in [0.1, 0.15) is 12.1 Å². The van der Waals surface area contributed by atoms with E-state index in [1.54, 1.807) is 13.1 Å². The average Bonchev–Trinajstić information content (AvgIpc) is 2.41. The minimum atomic E-state index is -0.155. The van der Waals surface area contributed by atoms with Gasteiger partial charge in [-0.25, -0.2) is 4.68 Å². The Morgan fingerprint density at radius 1 is 1.21 bits per heavy atom. The summed E-state index contributed by atoms with van der Waals surface area (Å²) in [6.07, 6.45) is 0.840. The van der Waals surface area contributed by atoms with E-state index in [1.165, 1.54) is 10.7 Å². The molecule has 98 valence electrons. The topological polar surface area (TPSA) is 64.0 Å². The second-order valence-corrected chi connectivity index (χ2v) is 4.20. The van der Waals surface area contributed by atoms with Crippen molar-refractivity contribution in [1.82, 2.24) is 9.78 Å². The van der Waals surface area contributed by atoms with Gasteiger partial charge < -0.3 is 5.32 Å². The van der Waals surface area contributed by atoms with E-state index in [0.717, 1.165) is 11.4 Å².